The number of esters is 1. The lowest BCUT2D eigenvalue weighted by molar-refractivity contribution is -0.133. The zero-order valence-electron chi connectivity index (χ0n) is 16.8. The summed E-state index contributed by atoms with van der Waals surface area (Å²) < 4.78 is 10.4. The number of methoxy groups -OCH3 is 2. The van der Waals surface area contributed by atoms with Crippen molar-refractivity contribution in [1.82, 2.24) is 4.90 Å². The van der Waals surface area contributed by atoms with E-state index in [1.807, 2.05) is 48.5 Å². The molecule has 5 nitrogen and oxygen atoms in total. The molecule has 150 valence electrons. The van der Waals surface area contributed by atoms with Gasteiger partial charge in [0.05, 0.1) is 32.0 Å². The maximum atomic E-state index is 13.3. The highest BCUT2D eigenvalue weighted by Crippen LogP contribution is 2.39. The Labute approximate surface area is 175 Å². The highest BCUT2D eigenvalue weighted by atomic mass is 16.5. The van der Waals surface area contributed by atoms with Crippen LogP contribution in [0.5, 0.6) is 5.75 Å². The van der Waals surface area contributed by atoms with Gasteiger partial charge in [0, 0.05) is 11.1 Å². The number of fused-ring (bicyclic) bond motifs is 1. The second-order valence-corrected chi connectivity index (χ2v) is 6.87. The van der Waals surface area contributed by atoms with Crippen LogP contribution in [0.4, 0.5) is 0 Å². The molecule has 30 heavy (non-hydrogen) atoms. The van der Waals surface area contributed by atoms with E-state index in [9.17, 15) is 9.59 Å². The summed E-state index contributed by atoms with van der Waals surface area (Å²) in [7, 11) is 2.93. The Hall–Kier alpha value is -3.86. The van der Waals surface area contributed by atoms with Crippen LogP contribution in [0.3, 0.4) is 0 Å². The molecule has 5 heteroatoms. The lowest BCUT2D eigenvalue weighted by atomic mass is 9.98. The van der Waals surface area contributed by atoms with Crippen LogP contribution in [0, 0.1) is 0 Å². The van der Waals surface area contributed by atoms with Gasteiger partial charge in [-0.15, -0.1) is 0 Å². The number of carbonyl (C=O) groups excluding carboxylic acids is 2. The fraction of sp³-hybridized carbons (Fsp3) is 0.120. The van der Waals surface area contributed by atoms with E-state index in [0.717, 1.165) is 11.1 Å². The Morgan fingerprint density at radius 1 is 0.833 bits per heavy atom. The number of ether oxygens (including phenoxy) is 2. The number of rotatable bonds is 5. The molecule has 0 atom stereocenters. The number of nitrogens with zero attached hydrogens (tertiary/aromatic N) is 1. The molecule has 4 rings (SSSR count). The lowest BCUT2D eigenvalue weighted by Crippen LogP contribution is -2.24. The van der Waals surface area contributed by atoms with E-state index in [1.165, 1.54) is 7.11 Å². The number of carbonyl (C=O) groups is 2. The van der Waals surface area contributed by atoms with Crippen LogP contribution in [0.15, 0.2) is 78.9 Å². The molecule has 1 amide bonds. The highest BCUT2D eigenvalue weighted by Gasteiger charge is 2.36. The van der Waals surface area contributed by atoms with Crippen LogP contribution < -0.4 is 4.74 Å². The Morgan fingerprint density at radius 2 is 1.47 bits per heavy atom. The fourth-order valence-corrected chi connectivity index (χ4v) is 3.67. The van der Waals surface area contributed by atoms with Crippen molar-refractivity contribution in [3.63, 3.8) is 0 Å². The van der Waals surface area contributed by atoms with Gasteiger partial charge < -0.3 is 14.4 Å². The summed E-state index contributed by atoms with van der Waals surface area (Å²) in [4.78, 5) is 27.8. The van der Waals surface area contributed by atoms with Gasteiger partial charge in [-0.25, -0.2) is 4.79 Å². The van der Waals surface area contributed by atoms with Crippen molar-refractivity contribution in [3.8, 4) is 5.75 Å². The molecule has 0 spiro atoms. The number of hydrogen-bond acceptors (Lipinski definition) is 4. The summed E-state index contributed by atoms with van der Waals surface area (Å²) in [5, 5.41) is 0. The van der Waals surface area contributed by atoms with Crippen LogP contribution in [-0.4, -0.2) is 31.0 Å². The molecule has 1 heterocycles. The Bertz CT molecular complexity index is 1120. The first kappa shape index (κ1) is 19.5. The minimum atomic E-state index is -0.502. The molecule has 0 bridgehead atoms. The van der Waals surface area contributed by atoms with Gasteiger partial charge in [0.25, 0.3) is 5.91 Å². The largest absolute Gasteiger partial charge is 0.497 e. The zero-order valence-corrected chi connectivity index (χ0v) is 16.8. The van der Waals surface area contributed by atoms with Gasteiger partial charge in [-0.3, -0.25) is 4.79 Å². The van der Waals surface area contributed by atoms with Crippen molar-refractivity contribution in [3.05, 3.63) is 101 Å². The predicted octanol–water partition coefficient (Wildman–Crippen LogP) is 4.39. The van der Waals surface area contributed by atoms with Gasteiger partial charge in [-0.1, -0.05) is 60.7 Å². The molecule has 0 aromatic heterocycles. The third-order valence-electron chi connectivity index (χ3n) is 5.12. The number of hydrogen-bond donors (Lipinski definition) is 0. The summed E-state index contributed by atoms with van der Waals surface area (Å²) in [6.45, 7) is 0.348. The summed E-state index contributed by atoms with van der Waals surface area (Å²) in [5.41, 5.74) is 3.80. The molecule has 0 radical (unpaired) electrons. The smallest absolute Gasteiger partial charge is 0.340 e. The monoisotopic (exact) mass is 399 g/mol. The molecular weight excluding hydrogens is 378 g/mol. The SMILES string of the molecule is COC(=O)/C(=C1\c2ccccc2C(=O)N1Cc1ccccc1)c1ccc(OC)cc1. The second-order valence-electron chi connectivity index (χ2n) is 6.87. The molecular formula is C25H21NO4. The van der Waals surface area contributed by atoms with Crippen LogP contribution in [0.2, 0.25) is 0 Å². The van der Waals surface area contributed by atoms with Gasteiger partial charge in [0.2, 0.25) is 0 Å². The van der Waals surface area contributed by atoms with Gasteiger partial charge in [0.15, 0.2) is 0 Å². The summed E-state index contributed by atoms with van der Waals surface area (Å²) in [6.07, 6.45) is 0. The fourth-order valence-electron chi connectivity index (χ4n) is 3.67. The van der Waals surface area contributed by atoms with Crippen molar-refractivity contribution >= 4 is 23.1 Å². The van der Waals surface area contributed by atoms with E-state index in [1.54, 1.807) is 42.3 Å². The van der Waals surface area contributed by atoms with E-state index >= 15 is 0 Å². The van der Waals surface area contributed by atoms with Gasteiger partial charge >= 0.3 is 5.97 Å². The highest BCUT2D eigenvalue weighted by molar-refractivity contribution is 6.28. The molecule has 0 N–H and O–H groups in total. The average molecular weight is 399 g/mol. The van der Waals surface area contributed by atoms with Crippen molar-refractivity contribution in [2.45, 2.75) is 6.54 Å². The van der Waals surface area contributed by atoms with Crippen LogP contribution >= 0.6 is 0 Å². The molecule has 3 aromatic rings. The minimum Gasteiger partial charge on any atom is -0.497 e. The zero-order chi connectivity index (χ0) is 21.1. The molecule has 1 aliphatic rings. The molecule has 0 saturated carbocycles. The van der Waals surface area contributed by atoms with Crippen LogP contribution in [0.1, 0.15) is 27.0 Å². The minimum absolute atomic E-state index is 0.139. The Morgan fingerprint density at radius 3 is 2.10 bits per heavy atom. The first-order valence-electron chi connectivity index (χ1n) is 9.56. The Balaban J connectivity index is 1.94. The van der Waals surface area contributed by atoms with Crippen molar-refractivity contribution in [2.75, 3.05) is 14.2 Å². The van der Waals surface area contributed by atoms with E-state index < -0.39 is 5.97 Å². The normalized spacial score (nSPS) is 14.3. The van der Waals surface area contributed by atoms with Gasteiger partial charge in [-0.2, -0.15) is 0 Å². The molecule has 0 aliphatic carbocycles. The third-order valence-corrected chi connectivity index (χ3v) is 5.12. The first-order valence-corrected chi connectivity index (χ1v) is 9.56. The van der Waals surface area contributed by atoms with Crippen molar-refractivity contribution in [1.29, 1.82) is 0 Å². The summed E-state index contributed by atoms with van der Waals surface area (Å²) in [6, 6.07) is 24.2. The third kappa shape index (κ3) is 3.46. The lowest BCUT2D eigenvalue weighted by Gasteiger charge is -2.22. The average Bonchev–Trinajstić information content (AvgIpc) is 3.07. The number of benzene rings is 3. The quantitative estimate of drug-likeness (QED) is 0.472. The van der Waals surface area contributed by atoms with E-state index in [0.29, 0.717) is 34.7 Å². The Kier molecular flexibility index (Phi) is 5.35. The molecule has 0 fully saturated rings. The molecule has 3 aromatic carbocycles. The van der Waals surface area contributed by atoms with Crippen LogP contribution in [-0.2, 0) is 16.1 Å². The van der Waals surface area contributed by atoms with E-state index in [4.69, 9.17) is 9.47 Å². The van der Waals surface area contributed by atoms with Crippen LogP contribution in [0.25, 0.3) is 11.3 Å². The van der Waals surface area contributed by atoms with E-state index in [-0.39, 0.29) is 5.91 Å². The number of amides is 1. The second kappa shape index (κ2) is 8.25. The summed E-state index contributed by atoms with van der Waals surface area (Å²) >= 11 is 0. The molecule has 0 unspecified atom stereocenters. The first-order chi connectivity index (χ1) is 14.6. The van der Waals surface area contributed by atoms with E-state index in [2.05, 4.69) is 0 Å². The van der Waals surface area contributed by atoms with Gasteiger partial charge in [-0.05, 0) is 29.3 Å². The molecule has 1 aliphatic heterocycles. The van der Waals surface area contributed by atoms with Crippen molar-refractivity contribution < 1.29 is 19.1 Å². The van der Waals surface area contributed by atoms with Crippen molar-refractivity contribution in [2.24, 2.45) is 0 Å². The maximum Gasteiger partial charge on any atom is 0.340 e. The predicted molar refractivity (Wildman–Crippen MR) is 115 cm³/mol. The maximum absolute atomic E-state index is 13.3. The topological polar surface area (TPSA) is 55.8 Å². The van der Waals surface area contributed by atoms with Gasteiger partial charge in [0.1, 0.15) is 5.75 Å². The summed E-state index contributed by atoms with van der Waals surface area (Å²) in [5.74, 6) is 0.0362. The molecule has 0 saturated heterocycles. The standard InChI is InChI=1S/C25H21NO4/c1-29-19-14-12-18(13-15-19)22(25(28)30-2)23-20-10-6-7-11-21(20)24(27)26(23)16-17-8-4-3-5-9-17/h3-15H,16H2,1-2H3/b23-22+.